The Balaban J connectivity index is 1.28. The first-order valence-electron chi connectivity index (χ1n) is 17.3. The number of carbonyl (C=O) groups is 4. The normalized spacial score (nSPS) is 27.0. The number of allylic oxidation sites excluding steroid dienone is 2. The van der Waals surface area contributed by atoms with Crippen LogP contribution in [0.15, 0.2) is 133 Å². The molecule has 6 unspecified atom stereocenters. The molecule has 4 amide bonds. The zero-order valence-corrected chi connectivity index (χ0v) is 28.2. The molecule has 0 bridgehead atoms. The molecule has 5 aromatic rings. The number of fused-ring (bicyclic) bond motifs is 5. The topological polar surface area (TPSA) is 95.0 Å². The molecule has 252 valence electrons. The average Bonchev–Trinajstić information content (AvgIpc) is 3.53. The molecule has 51 heavy (non-hydrogen) atoms. The average molecular weight is 693 g/mol. The number of hydrogen-bond acceptors (Lipinski definition) is 5. The fourth-order valence-corrected chi connectivity index (χ4v) is 9.82. The van der Waals surface area contributed by atoms with E-state index in [-0.39, 0.29) is 42.3 Å². The van der Waals surface area contributed by atoms with Gasteiger partial charge in [-0.2, -0.15) is 0 Å². The van der Waals surface area contributed by atoms with E-state index in [1.807, 2.05) is 91.0 Å². The van der Waals surface area contributed by atoms with Crippen LogP contribution in [0.3, 0.4) is 0 Å². The Bertz CT molecular complexity index is 2310. The number of phenolic OH excluding ortho intramolecular Hbond substituents is 1. The molecule has 1 N–H and O–H groups in total. The molecule has 2 heterocycles. The van der Waals surface area contributed by atoms with Crippen molar-refractivity contribution >= 4 is 51.7 Å². The summed E-state index contributed by atoms with van der Waals surface area (Å²) in [5, 5.41) is 12.8. The predicted octanol–water partition coefficient (Wildman–Crippen LogP) is 7.56. The molecule has 0 spiro atoms. The minimum absolute atomic E-state index is 0.104. The summed E-state index contributed by atoms with van der Waals surface area (Å²) < 4.78 is 0. The molecule has 2 aliphatic carbocycles. The Morgan fingerprint density at radius 3 is 2.18 bits per heavy atom. The highest BCUT2D eigenvalue weighted by Gasteiger charge is 2.70. The number of aromatic hydroxyl groups is 1. The molecular formula is C43H33ClN2O5. The number of anilines is 1. The summed E-state index contributed by atoms with van der Waals surface area (Å²) in [6.45, 7) is 0.178. The van der Waals surface area contributed by atoms with Crippen LogP contribution in [0.4, 0.5) is 5.69 Å². The Hall–Kier alpha value is -5.53. The van der Waals surface area contributed by atoms with Crippen LogP contribution in [-0.2, 0) is 31.1 Å². The zero-order valence-electron chi connectivity index (χ0n) is 27.5. The lowest BCUT2D eigenvalue weighted by atomic mass is 9.49. The molecule has 0 radical (unpaired) electrons. The second kappa shape index (κ2) is 11.8. The van der Waals surface area contributed by atoms with E-state index in [0.717, 1.165) is 22.1 Å². The van der Waals surface area contributed by atoms with Gasteiger partial charge < -0.3 is 5.11 Å². The molecule has 7 nitrogen and oxygen atoms in total. The van der Waals surface area contributed by atoms with Crippen molar-refractivity contribution < 1.29 is 24.3 Å². The van der Waals surface area contributed by atoms with Crippen LogP contribution >= 0.6 is 11.6 Å². The summed E-state index contributed by atoms with van der Waals surface area (Å²) >= 11 is 6.43. The van der Waals surface area contributed by atoms with Crippen molar-refractivity contribution in [2.24, 2.45) is 23.7 Å². The van der Waals surface area contributed by atoms with Crippen LogP contribution in [0.25, 0.3) is 10.8 Å². The number of nitrogens with zero attached hydrogens (tertiary/aromatic N) is 2. The number of hydrogen-bond donors (Lipinski definition) is 1. The molecule has 2 saturated heterocycles. The van der Waals surface area contributed by atoms with Gasteiger partial charge in [-0.25, -0.2) is 4.90 Å². The molecule has 4 aliphatic rings. The van der Waals surface area contributed by atoms with Crippen LogP contribution in [0.2, 0.25) is 5.02 Å². The van der Waals surface area contributed by atoms with Gasteiger partial charge in [-0.15, -0.1) is 0 Å². The standard InChI is InChI=1S/C43H33ClN2O5/c44-27-14-9-15-28(22-27)46-40(49)35-23-34-32(18-19-33-37(34)41(50)45(39(33)48)24-25-10-3-1-4-11-25)38(43(35,42(46)51)26-12-5-2-6-13-26)31-20-21-36(47)30-17-8-7-16-29(30)31/h1-18,20-22,33-35,37-38,47H,19,23-24H2. The van der Waals surface area contributed by atoms with E-state index < -0.39 is 35.0 Å². The lowest BCUT2D eigenvalue weighted by Gasteiger charge is -2.51. The highest BCUT2D eigenvalue weighted by atomic mass is 35.5. The van der Waals surface area contributed by atoms with E-state index in [0.29, 0.717) is 28.1 Å². The molecule has 6 atom stereocenters. The van der Waals surface area contributed by atoms with Crippen molar-refractivity contribution in [1.82, 2.24) is 4.90 Å². The maximum atomic E-state index is 15.5. The minimum atomic E-state index is -1.40. The lowest BCUT2D eigenvalue weighted by molar-refractivity contribution is -0.141. The van der Waals surface area contributed by atoms with E-state index in [9.17, 15) is 19.5 Å². The SMILES string of the molecule is O=C1C2CC=C3C(CC4C(=O)N(c5cccc(Cl)c5)C(=O)C4(c4ccccc4)C3c3ccc(O)c4ccccc34)C2C(=O)N1Cc1ccccc1. The third-order valence-electron chi connectivity index (χ3n) is 11.7. The Kier molecular flexibility index (Phi) is 7.26. The number of benzene rings is 5. The Labute approximate surface area is 299 Å². The van der Waals surface area contributed by atoms with E-state index in [1.54, 1.807) is 30.3 Å². The van der Waals surface area contributed by atoms with Gasteiger partial charge in [-0.1, -0.05) is 120 Å². The second-order valence-electron chi connectivity index (χ2n) is 14.1. The third kappa shape index (κ3) is 4.50. The number of phenols is 1. The van der Waals surface area contributed by atoms with Crippen LogP contribution in [0.5, 0.6) is 5.75 Å². The summed E-state index contributed by atoms with van der Waals surface area (Å²) in [5.74, 6) is -4.34. The van der Waals surface area contributed by atoms with Gasteiger partial charge in [-0.3, -0.25) is 24.1 Å². The number of imide groups is 2. The highest BCUT2D eigenvalue weighted by molar-refractivity contribution is 6.32. The first-order chi connectivity index (χ1) is 24.8. The number of carbonyl (C=O) groups excluding carboxylic acids is 4. The van der Waals surface area contributed by atoms with Gasteiger partial charge >= 0.3 is 0 Å². The van der Waals surface area contributed by atoms with E-state index in [2.05, 4.69) is 6.08 Å². The summed E-state index contributed by atoms with van der Waals surface area (Å²) in [5.41, 5.74) is 2.20. The molecule has 1 saturated carbocycles. The van der Waals surface area contributed by atoms with Crippen LogP contribution in [0, 0.1) is 23.7 Å². The zero-order chi connectivity index (χ0) is 35.0. The lowest BCUT2D eigenvalue weighted by Crippen LogP contribution is -2.53. The van der Waals surface area contributed by atoms with Crippen molar-refractivity contribution in [1.29, 1.82) is 0 Å². The van der Waals surface area contributed by atoms with Gasteiger partial charge in [0, 0.05) is 16.3 Å². The second-order valence-corrected chi connectivity index (χ2v) is 14.5. The predicted molar refractivity (Wildman–Crippen MR) is 194 cm³/mol. The van der Waals surface area contributed by atoms with E-state index in [1.165, 1.54) is 9.80 Å². The monoisotopic (exact) mass is 692 g/mol. The molecular weight excluding hydrogens is 660 g/mol. The molecule has 0 aromatic heterocycles. The van der Waals surface area contributed by atoms with Gasteiger partial charge in [0.15, 0.2) is 0 Å². The van der Waals surface area contributed by atoms with Crippen molar-refractivity contribution in [3.8, 4) is 5.75 Å². The van der Waals surface area contributed by atoms with Crippen LogP contribution in [0.1, 0.15) is 35.4 Å². The highest BCUT2D eigenvalue weighted by Crippen LogP contribution is 2.65. The van der Waals surface area contributed by atoms with Crippen LogP contribution < -0.4 is 4.90 Å². The minimum Gasteiger partial charge on any atom is -0.507 e. The van der Waals surface area contributed by atoms with E-state index >= 15 is 4.79 Å². The summed E-state index contributed by atoms with van der Waals surface area (Å²) in [4.78, 5) is 61.6. The van der Waals surface area contributed by atoms with Crippen molar-refractivity contribution in [3.05, 3.63) is 155 Å². The van der Waals surface area contributed by atoms with Crippen molar-refractivity contribution in [2.75, 3.05) is 4.90 Å². The fraction of sp³-hybridized carbons (Fsp3) is 0.209. The van der Waals surface area contributed by atoms with Crippen molar-refractivity contribution in [3.63, 3.8) is 0 Å². The molecule has 9 rings (SSSR count). The largest absolute Gasteiger partial charge is 0.507 e. The number of amides is 4. The van der Waals surface area contributed by atoms with Crippen LogP contribution in [-0.4, -0.2) is 33.6 Å². The molecule has 8 heteroatoms. The van der Waals surface area contributed by atoms with E-state index in [4.69, 9.17) is 11.6 Å². The van der Waals surface area contributed by atoms with Gasteiger partial charge in [-0.05, 0) is 65.1 Å². The van der Waals surface area contributed by atoms with Gasteiger partial charge in [0.1, 0.15) is 5.75 Å². The Morgan fingerprint density at radius 1 is 0.725 bits per heavy atom. The quantitative estimate of drug-likeness (QED) is 0.152. The molecule has 3 fully saturated rings. The number of likely N-dealkylation sites (tertiary alicyclic amines) is 1. The first kappa shape index (κ1) is 31.5. The molecule has 2 aliphatic heterocycles. The maximum Gasteiger partial charge on any atom is 0.246 e. The van der Waals surface area contributed by atoms with Gasteiger partial charge in [0.05, 0.1) is 35.4 Å². The summed E-state index contributed by atoms with van der Waals surface area (Å²) in [6, 6.07) is 36.7. The fourth-order valence-electron chi connectivity index (χ4n) is 9.63. The smallest absolute Gasteiger partial charge is 0.246 e. The summed E-state index contributed by atoms with van der Waals surface area (Å²) in [6.07, 6.45) is 2.62. The molecule has 5 aromatic carbocycles. The summed E-state index contributed by atoms with van der Waals surface area (Å²) in [7, 11) is 0. The Morgan fingerprint density at radius 2 is 1.43 bits per heavy atom. The number of rotatable bonds is 5. The van der Waals surface area contributed by atoms with Gasteiger partial charge in [0.2, 0.25) is 23.6 Å². The number of halogens is 1. The van der Waals surface area contributed by atoms with Crippen molar-refractivity contribution in [2.45, 2.75) is 30.7 Å². The first-order valence-corrected chi connectivity index (χ1v) is 17.7. The third-order valence-corrected chi connectivity index (χ3v) is 11.9. The maximum absolute atomic E-state index is 15.5. The van der Waals surface area contributed by atoms with Gasteiger partial charge in [0.25, 0.3) is 0 Å².